The number of pyridine rings is 1. The molecule has 2 atom stereocenters. The number of nitriles is 1. The van der Waals surface area contributed by atoms with Crippen LogP contribution in [0.2, 0.25) is 0 Å². The van der Waals surface area contributed by atoms with Crippen LogP contribution in [0.25, 0.3) is 16.7 Å². The molecular weight excluding hydrogens is 448 g/mol. The van der Waals surface area contributed by atoms with E-state index in [-0.39, 0.29) is 18.9 Å². The van der Waals surface area contributed by atoms with Crippen LogP contribution in [0.15, 0.2) is 41.0 Å². The van der Waals surface area contributed by atoms with Crippen LogP contribution in [0.4, 0.5) is 0 Å². The number of nitrogens with zero attached hydrogens (tertiary/aromatic N) is 4. The zero-order valence-electron chi connectivity index (χ0n) is 16.4. The Morgan fingerprint density at radius 2 is 2.03 bits per heavy atom. The molecule has 0 radical (unpaired) electrons. The first-order chi connectivity index (χ1) is 14.4. The molecule has 1 saturated heterocycles. The number of fused-ring (bicyclic) bond motifs is 1. The fraction of sp³-hybridized carbons (Fsp3) is 0.318. The molecule has 2 aromatic heterocycles. The van der Waals surface area contributed by atoms with E-state index >= 15 is 0 Å². The Morgan fingerprint density at radius 1 is 1.30 bits per heavy atom. The molecule has 0 amide bonds. The summed E-state index contributed by atoms with van der Waals surface area (Å²) >= 11 is 3.46. The topological polar surface area (TPSA) is 102 Å². The summed E-state index contributed by atoms with van der Waals surface area (Å²) in [7, 11) is 0. The number of hydrogen-bond acceptors (Lipinski definition) is 6. The number of ketones is 1. The van der Waals surface area contributed by atoms with Gasteiger partial charge in [-0.3, -0.25) is 14.7 Å². The van der Waals surface area contributed by atoms with Gasteiger partial charge in [0.25, 0.3) is 0 Å². The maximum atomic E-state index is 13.3. The van der Waals surface area contributed by atoms with Gasteiger partial charge < -0.3 is 14.8 Å². The minimum Gasteiger partial charge on any atom is -0.390 e. The third-order valence-electron chi connectivity index (χ3n) is 5.54. The lowest BCUT2D eigenvalue weighted by molar-refractivity contribution is -0.0363. The largest absolute Gasteiger partial charge is 0.390 e. The molecule has 30 heavy (non-hydrogen) atoms. The molecule has 154 valence electrons. The van der Waals surface area contributed by atoms with Gasteiger partial charge in [-0.2, -0.15) is 5.26 Å². The lowest BCUT2D eigenvalue weighted by Crippen LogP contribution is -2.48. The van der Waals surface area contributed by atoms with E-state index in [0.717, 1.165) is 21.4 Å². The van der Waals surface area contributed by atoms with Gasteiger partial charge >= 0.3 is 0 Å². The number of aliphatic hydroxyl groups excluding tert-OH is 2. The molecule has 8 heteroatoms. The molecule has 1 fully saturated rings. The van der Waals surface area contributed by atoms with Crippen molar-refractivity contribution in [1.82, 2.24) is 14.5 Å². The Hall–Kier alpha value is -2.57. The highest BCUT2D eigenvalue weighted by Crippen LogP contribution is 2.30. The van der Waals surface area contributed by atoms with E-state index in [1.54, 1.807) is 18.3 Å². The molecule has 0 spiro atoms. The van der Waals surface area contributed by atoms with Crippen LogP contribution in [0.1, 0.15) is 28.0 Å². The number of piperidine rings is 1. The molecule has 0 aliphatic carbocycles. The van der Waals surface area contributed by atoms with Gasteiger partial charge in [0.05, 0.1) is 47.0 Å². The van der Waals surface area contributed by atoms with Crippen molar-refractivity contribution in [2.24, 2.45) is 0 Å². The standard InChI is InChI=1S/C22H21BrN4O3/c1-13-21(20(30)12-26-7-6-18(28)19(29)11-26)22-17(8-15(23)10-25-22)27(13)16-4-2-14(9-24)3-5-16/h2-5,8,10,18-19,28-29H,6-7,11-12H2,1H3/t18-,19+/m0/s1. The van der Waals surface area contributed by atoms with Crippen molar-refractivity contribution in [1.29, 1.82) is 5.26 Å². The van der Waals surface area contributed by atoms with Crippen LogP contribution >= 0.6 is 15.9 Å². The number of rotatable bonds is 4. The van der Waals surface area contributed by atoms with E-state index in [9.17, 15) is 15.0 Å². The number of hydrogen-bond donors (Lipinski definition) is 2. The van der Waals surface area contributed by atoms with E-state index in [1.807, 2.05) is 34.6 Å². The molecule has 1 aliphatic rings. The van der Waals surface area contributed by atoms with Crippen molar-refractivity contribution in [2.45, 2.75) is 25.6 Å². The second kappa shape index (κ2) is 8.28. The van der Waals surface area contributed by atoms with Crippen molar-refractivity contribution in [2.75, 3.05) is 19.6 Å². The van der Waals surface area contributed by atoms with Crippen LogP contribution < -0.4 is 0 Å². The normalized spacial score (nSPS) is 19.7. The summed E-state index contributed by atoms with van der Waals surface area (Å²) in [5.41, 5.74) is 4.12. The van der Waals surface area contributed by atoms with E-state index in [4.69, 9.17) is 5.26 Å². The predicted molar refractivity (Wildman–Crippen MR) is 116 cm³/mol. The van der Waals surface area contributed by atoms with E-state index in [2.05, 4.69) is 27.0 Å². The first-order valence-corrected chi connectivity index (χ1v) is 10.5. The SMILES string of the molecule is Cc1c(C(=O)CN2CC[C@H](O)[C@H](O)C2)c2ncc(Br)cc2n1-c1ccc(C#N)cc1. The fourth-order valence-electron chi connectivity index (χ4n) is 4.02. The number of carbonyl (C=O) groups is 1. The Morgan fingerprint density at radius 3 is 2.70 bits per heavy atom. The summed E-state index contributed by atoms with van der Waals surface area (Å²) in [6.07, 6.45) is 0.519. The number of aromatic nitrogens is 2. The molecule has 0 unspecified atom stereocenters. The molecule has 2 N–H and O–H groups in total. The molecule has 7 nitrogen and oxygen atoms in total. The summed E-state index contributed by atoms with van der Waals surface area (Å²) in [4.78, 5) is 19.6. The summed E-state index contributed by atoms with van der Waals surface area (Å²) in [5, 5.41) is 28.7. The number of carbonyl (C=O) groups excluding carboxylic acids is 1. The zero-order chi connectivity index (χ0) is 21.4. The van der Waals surface area contributed by atoms with Gasteiger partial charge in [0.15, 0.2) is 5.78 Å². The third-order valence-corrected chi connectivity index (χ3v) is 5.97. The van der Waals surface area contributed by atoms with Crippen LogP contribution in [0.5, 0.6) is 0 Å². The molecule has 1 aromatic carbocycles. The Labute approximate surface area is 182 Å². The first-order valence-electron chi connectivity index (χ1n) is 9.68. The summed E-state index contributed by atoms with van der Waals surface area (Å²) in [6, 6.07) is 11.2. The highest BCUT2D eigenvalue weighted by atomic mass is 79.9. The molecular formula is C22H21BrN4O3. The maximum absolute atomic E-state index is 13.3. The number of β-amino-alcohol motifs (C(OH)–C–C–N with tert-alkyl or cyclic N) is 1. The number of likely N-dealkylation sites (tertiary alicyclic amines) is 1. The van der Waals surface area contributed by atoms with Gasteiger partial charge in [0.1, 0.15) is 0 Å². The van der Waals surface area contributed by atoms with Gasteiger partial charge in [-0.15, -0.1) is 0 Å². The molecule has 0 saturated carbocycles. The lowest BCUT2D eigenvalue weighted by atomic mass is 10.0. The minimum absolute atomic E-state index is 0.0803. The smallest absolute Gasteiger partial charge is 0.180 e. The highest BCUT2D eigenvalue weighted by molar-refractivity contribution is 9.10. The van der Waals surface area contributed by atoms with Crippen molar-refractivity contribution >= 4 is 32.7 Å². The van der Waals surface area contributed by atoms with E-state index < -0.39 is 12.2 Å². The Kier molecular flexibility index (Phi) is 5.71. The highest BCUT2D eigenvalue weighted by Gasteiger charge is 2.29. The number of benzene rings is 1. The molecule has 4 rings (SSSR count). The van der Waals surface area contributed by atoms with Gasteiger partial charge in [-0.05, 0) is 59.6 Å². The summed E-state index contributed by atoms with van der Waals surface area (Å²) < 4.78 is 2.77. The van der Waals surface area contributed by atoms with Gasteiger partial charge in [-0.1, -0.05) is 0 Å². The monoisotopic (exact) mass is 468 g/mol. The van der Waals surface area contributed by atoms with Gasteiger partial charge in [0.2, 0.25) is 0 Å². The van der Waals surface area contributed by atoms with Crippen LogP contribution in [0, 0.1) is 18.3 Å². The average molecular weight is 469 g/mol. The van der Waals surface area contributed by atoms with Crippen LogP contribution in [-0.2, 0) is 0 Å². The predicted octanol–water partition coefficient (Wildman–Crippen LogP) is 2.58. The van der Waals surface area contributed by atoms with Gasteiger partial charge in [-0.25, -0.2) is 0 Å². The summed E-state index contributed by atoms with van der Waals surface area (Å²) in [6.45, 7) is 2.85. The Balaban J connectivity index is 1.76. The average Bonchev–Trinajstić information content (AvgIpc) is 3.02. The van der Waals surface area contributed by atoms with Crippen molar-refractivity contribution in [3.8, 4) is 11.8 Å². The van der Waals surface area contributed by atoms with Crippen LogP contribution in [0.3, 0.4) is 0 Å². The van der Waals surface area contributed by atoms with Gasteiger partial charge in [0, 0.05) is 35.1 Å². The minimum atomic E-state index is -0.846. The third kappa shape index (κ3) is 3.77. The number of aliphatic hydroxyl groups is 2. The van der Waals surface area contributed by atoms with Crippen molar-refractivity contribution < 1.29 is 15.0 Å². The fourth-order valence-corrected chi connectivity index (χ4v) is 4.34. The summed E-state index contributed by atoms with van der Waals surface area (Å²) in [5.74, 6) is -0.0803. The molecule has 1 aliphatic heterocycles. The molecule has 3 heterocycles. The van der Waals surface area contributed by atoms with Crippen LogP contribution in [-0.4, -0.2) is 62.3 Å². The first kappa shape index (κ1) is 20.7. The zero-order valence-corrected chi connectivity index (χ0v) is 18.0. The lowest BCUT2D eigenvalue weighted by Gasteiger charge is -2.32. The maximum Gasteiger partial charge on any atom is 0.180 e. The molecule has 3 aromatic rings. The van der Waals surface area contributed by atoms with E-state index in [0.29, 0.717) is 29.6 Å². The molecule has 0 bridgehead atoms. The number of Topliss-reactive ketones (excluding diaryl/α,β-unsaturated/α-hetero) is 1. The second-order valence-corrected chi connectivity index (χ2v) is 8.47. The number of halogens is 1. The van der Waals surface area contributed by atoms with Crippen molar-refractivity contribution in [3.05, 3.63) is 57.8 Å². The second-order valence-electron chi connectivity index (χ2n) is 7.56. The van der Waals surface area contributed by atoms with E-state index in [1.165, 1.54) is 0 Å². The Bertz CT molecular complexity index is 1150. The quantitative estimate of drug-likeness (QED) is 0.570. The van der Waals surface area contributed by atoms with Crippen molar-refractivity contribution in [3.63, 3.8) is 0 Å².